The molecule has 0 radical (unpaired) electrons. The van der Waals surface area contributed by atoms with E-state index in [4.69, 9.17) is 14.3 Å². The number of rotatable bonds is 9. The van der Waals surface area contributed by atoms with E-state index in [9.17, 15) is 13.2 Å². The Bertz CT molecular complexity index is 663. The number of hydrogen-bond acceptors (Lipinski definition) is 4. The molecule has 0 unspecified atom stereocenters. The third kappa shape index (κ3) is 6.72. The molecule has 1 aromatic heterocycles. The van der Waals surface area contributed by atoms with E-state index in [1.807, 2.05) is 0 Å². The van der Waals surface area contributed by atoms with Gasteiger partial charge in [0.2, 0.25) is 5.89 Å². The maximum absolute atomic E-state index is 12.5. The number of hydrogen-bond donors (Lipinski definition) is 1. The highest BCUT2D eigenvalue weighted by atomic mass is 19.4. The van der Waals surface area contributed by atoms with Gasteiger partial charge in [-0.05, 0) is 43.0 Å². The van der Waals surface area contributed by atoms with Gasteiger partial charge in [0, 0.05) is 19.3 Å². The Morgan fingerprint density at radius 3 is 2.52 bits per heavy atom. The Balaban J connectivity index is 1.81. The standard InChI is InChI=1S/C18H20F3NO3/c19-18(20,21)15-7-4-14(5-8-15)6-9-17-22-16(13-25-17)12-24-11-3-1-2-10-23/h4-9,13,23H,1-3,10-12H2/b9-6+. The third-order valence-electron chi connectivity index (χ3n) is 3.42. The highest BCUT2D eigenvalue weighted by Crippen LogP contribution is 2.29. The van der Waals surface area contributed by atoms with Crippen molar-refractivity contribution < 1.29 is 27.4 Å². The maximum atomic E-state index is 12.5. The number of unbranched alkanes of at least 4 members (excludes halogenated alkanes) is 2. The quantitative estimate of drug-likeness (QED) is 0.671. The molecule has 0 amide bonds. The summed E-state index contributed by atoms with van der Waals surface area (Å²) < 4.78 is 48.2. The lowest BCUT2D eigenvalue weighted by Crippen LogP contribution is -2.03. The summed E-state index contributed by atoms with van der Waals surface area (Å²) >= 11 is 0. The zero-order chi connectivity index (χ0) is 18.1. The molecule has 0 fully saturated rings. The molecule has 2 rings (SSSR count). The minimum absolute atomic E-state index is 0.192. The SMILES string of the molecule is OCCCCCOCc1coc(/C=C/c2ccc(C(F)(F)F)cc2)n1. The largest absolute Gasteiger partial charge is 0.445 e. The normalized spacial score (nSPS) is 12.2. The van der Waals surface area contributed by atoms with E-state index in [2.05, 4.69) is 4.98 Å². The summed E-state index contributed by atoms with van der Waals surface area (Å²) in [4.78, 5) is 4.22. The lowest BCUT2D eigenvalue weighted by Gasteiger charge is -2.05. The van der Waals surface area contributed by atoms with E-state index in [1.165, 1.54) is 18.4 Å². The van der Waals surface area contributed by atoms with Crippen LogP contribution in [0, 0.1) is 0 Å². The maximum Gasteiger partial charge on any atom is 0.416 e. The van der Waals surface area contributed by atoms with Gasteiger partial charge in [0.15, 0.2) is 0 Å². The molecule has 7 heteroatoms. The summed E-state index contributed by atoms with van der Waals surface area (Å²) in [5.41, 5.74) is 0.585. The van der Waals surface area contributed by atoms with Gasteiger partial charge in [0.25, 0.3) is 0 Å². The van der Waals surface area contributed by atoms with Gasteiger partial charge in [-0.15, -0.1) is 0 Å². The van der Waals surface area contributed by atoms with E-state index in [-0.39, 0.29) is 6.61 Å². The molecular formula is C18H20F3NO3. The molecule has 1 aromatic carbocycles. The van der Waals surface area contributed by atoms with E-state index in [0.717, 1.165) is 31.4 Å². The van der Waals surface area contributed by atoms with Gasteiger partial charge in [-0.3, -0.25) is 0 Å². The second-order valence-corrected chi connectivity index (χ2v) is 5.47. The topological polar surface area (TPSA) is 55.5 Å². The third-order valence-corrected chi connectivity index (χ3v) is 3.42. The minimum Gasteiger partial charge on any atom is -0.445 e. The summed E-state index contributed by atoms with van der Waals surface area (Å²) in [6.45, 7) is 1.11. The fraction of sp³-hybridized carbons (Fsp3) is 0.389. The van der Waals surface area contributed by atoms with Crippen LogP contribution >= 0.6 is 0 Å². The predicted molar refractivity (Wildman–Crippen MR) is 87.5 cm³/mol. The molecular weight excluding hydrogens is 335 g/mol. The average molecular weight is 355 g/mol. The van der Waals surface area contributed by atoms with Gasteiger partial charge in [0.1, 0.15) is 12.0 Å². The van der Waals surface area contributed by atoms with Crippen molar-refractivity contribution in [3.05, 3.63) is 53.2 Å². The molecule has 2 aromatic rings. The molecule has 4 nitrogen and oxygen atoms in total. The molecule has 136 valence electrons. The van der Waals surface area contributed by atoms with Crippen molar-refractivity contribution in [2.75, 3.05) is 13.2 Å². The first-order chi connectivity index (χ1) is 12.0. The van der Waals surface area contributed by atoms with Crippen molar-refractivity contribution in [2.24, 2.45) is 0 Å². The Kier molecular flexibility index (Phi) is 7.21. The van der Waals surface area contributed by atoms with Crippen molar-refractivity contribution in [3.63, 3.8) is 0 Å². The number of alkyl halides is 3. The van der Waals surface area contributed by atoms with Gasteiger partial charge in [0.05, 0.1) is 12.2 Å². The highest BCUT2D eigenvalue weighted by Gasteiger charge is 2.29. The van der Waals surface area contributed by atoms with E-state index in [1.54, 1.807) is 12.2 Å². The van der Waals surface area contributed by atoms with Crippen molar-refractivity contribution in [2.45, 2.75) is 32.0 Å². The Morgan fingerprint density at radius 1 is 1.08 bits per heavy atom. The molecule has 1 N–H and O–H groups in total. The number of oxazole rings is 1. The van der Waals surface area contributed by atoms with E-state index >= 15 is 0 Å². The van der Waals surface area contributed by atoms with Crippen molar-refractivity contribution in [1.29, 1.82) is 0 Å². The van der Waals surface area contributed by atoms with Gasteiger partial charge in [-0.2, -0.15) is 13.2 Å². The van der Waals surface area contributed by atoms with Crippen LogP contribution in [0.3, 0.4) is 0 Å². The molecule has 0 aliphatic carbocycles. The molecule has 1 heterocycles. The Hall–Kier alpha value is -2.12. The summed E-state index contributed by atoms with van der Waals surface area (Å²) in [5.74, 6) is 0.360. The second kappa shape index (κ2) is 9.39. The molecule has 0 saturated heterocycles. The predicted octanol–water partition coefficient (Wildman–Crippen LogP) is 4.54. The first kappa shape index (κ1) is 19.2. The number of nitrogens with zero attached hydrogens (tertiary/aromatic N) is 1. The van der Waals surface area contributed by atoms with Crippen LogP contribution < -0.4 is 0 Å². The number of benzene rings is 1. The minimum atomic E-state index is -4.34. The second-order valence-electron chi connectivity index (χ2n) is 5.47. The summed E-state index contributed by atoms with van der Waals surface area (Å²) in [6.07, 6.45) is 2.93. The summed E-state index contributed by atoms with van der Waals surface area (Å²) in [7, 11) is 0. The number of halogens is 3. The Labute approximate surface area is 144 Å². The fourth-order valence-corrected chi connectivity index (χ4v) is 2.09. The molecule has 0 bridgehead atoms. The Morgan fingerprint density at radius 2 is 1.84 bits per heavy atom. The summed E-state index contributed by atoms with van der Waals surface area (Å²) in [5, 5.41) is 8.67. The van der Waals surface area contributed by atoms with Crippen LogP contribution in [0.15, 0.2) is 34.9 Å². The molecule has 0 atom stereocenters. The van der Waals surface area contributed by atoms with Crippen LogP contribution in [0.4, 0.5) is 13.2 Å². The van der Waals surface area contributed by atoms with E-state index in [0.29, 0.717) is 30.4 Å². The first-order valence-corrected chi connectivity index (χ1v) is 7.97. The van der Waals surface area contributed by atoms with Gasteiger partial charge < -0.3 is 14.3 Å². The average Bonchev–Trinajstić information content (AvgIpc) is 3.03. The van der Waals surface area contributed by atoms with Crippen molar-refractivity contribution >= 4 is 12.2 Å². The molecule has 0 saturated carbocycles. The molecule has 0 aliphatic heterocycles. The summed E-state index contributed by atoms with van der Waals surface area (Å²) in [6, 6.07) is 4.84. The fourth-order valence-electron chi connectivity index (χ4n) is 2.09. The van der Waals surface area contributed by atoms with Crippen LogP contribution in [-0.2, 0) is 17.5 Å². The van der Waals surface area contributed by atoms with Crippen LogP contribution in [0.2, 0.25) is 0 Å². The smallest absolute Gasteiger partial charge is 0.416 e. The zero-order valence-electron chi connectivity index (χ0n) is 13.6. The highest BCUT2D eigenvalue weighted by molar-refractivity contribution is 5.66. The molecule has 25 heavy (non-hydrogen) atoms. The molecule has 0 aliphatic rings. The lowest BCUT2D eigenvalue weighted by atomic mass is 10.1. The van der Waals surface area contributed by atoms with Gasteiger partial charge >= 0.3 is 6.18 Å². The number of aliphatic hydroxyl groups excluding tert-OH is 1. The van der Waals surface area contributed by atoms with Gasteiger partial charge in [-0.25, -0.2) is 4.98 Å². The monoisotopic (exact) mass is 355 g/mol. The number of aromatic nitrogens is 1. The van der Waals surface area contributed by atoms with Crippen LogP contribution in [0.5, 0.6) is 0 Å². The van der Waals surface area contributed by atoms with Crippen molar-refractivity contribution in [3.8, 4) is 0 Å². The van der Waals surface area contributed by atoms with E-state index < -0.39 is 11.7 Å². The number of aliphatic hydroxyl groups is 1. The van der Waals surface area contributed by atoms with Crippen LogP contribution in [0.25, 0.3) is 12.2 Å². The zero-order valence-corrected chi connectivity index (χ0v) is 13.6. The van der Waals surface area contributed by atoms with Crippen LogP contribution in [0.1, 0.15) is 42.0 Å². The first-order valence-electron chi connectivity index (χ1n) is 7.97. The van der Waals surface area contributed by atoms with Crippen LogP contribution in [-0.4, -0.2) is 23.3 Å². The molecule has 0 spiro atoms. The van der Waals surface area contributed by atoms with Crippen molar-refractivity contribution in [1.82, 2.24) is 4.98 Å². The van der Waals surface area contributed by atoms with Gasteiger partial charge in [-0.1, -0.05) is 12.1 Å². The lowest BCUT2D eigenvalue weighted by molar-refractivity contribution is -0.137. The number of ether oxygens (including phenoxy) is 1.